The van der Waals surface area contributed by atoms with Gasteiger partial charge in [0.05, 0.1) is 13.2 Å². The first-order chi connectivity index (χ1) is 19.0. The van der Waals surface area contributed by atoms with Crippen LogP contribution in [0.15, 0.2) is 60.7 Å². The molecular formula is C32H51O6P. The smallest absolute Gasteiger partial charge is 0.472 e. The van der Waals surface area contributed by atoms with E-state index in [0.29, 0.717) is 0 Å². The summed E-state index contributed by atoms with van der Waals surface area (Å²) in [5, 5.41) is 0. The maximum atomic E-state index is 12.8. The first-order valence-electron chi connectivity index (χ1n) is 15.1. The summed E-state index contributed by atoms with van der Waals surface area (Å²) in [7, 11) is -4.28. The largest absolute Gasteiger partial charge is 0.488 e. The Morgan fingerprint density at radius 2 is 0.949 bits per heavy atom. The molecule has 0 aliphatic carbocycles. The first kappa shape index (κ1) is 33.4. The van der Waals surface area contributed by atoms with E-state index in [0.717, 1.165) is 50.0 Å². The van der Waals surface area contributed by atoms with Crippen LogP contribution in [0.2, 0.25) is 0 Å². The van der Waals surface area contributed by atoms with Crippen LogP contribution in [0.1, 0.15) is 104 Å². The number of para-hydroxylation sites is 2. The third kappa shape index (κ3) is 16.8. The molecule has 1 N–H and O–H groups in total. The predicted molar refractivity (Wildman–Crippen MR) is 159 cm³/mol. The molecule has 0 amide bonds. The van der Waals surface area contributed by atoms with Gasteiger partial charge in [0.1, 0.15) is 23.7 Å². The quantitative estimate of drug-likeness (QED) is 0.101. The van der Waals surface area contributed by atoms with Gasteiger partial charge in [-0.25, -0.2) is 4.57 Å². The van der Waals surface area contributed by atoms with E-state index in [4.69, 9.17) is 18.5 Å². The number of unbranched alkanes of at least 4 members (excludes halogenated alkanes) is 10. The highest BCUT2D eigenvalue weighted by molar-refractivity contribution is 7.47. The van der Waals surface area contributed by atoms with Crippen molar-refractivity contribution in [2.24, 2.45) is 0 Å². The van der Waals surface area contributed by atoms with Crippen molar-refractivity contribution in [2.75, 3.05) is 13.2 Å². The zero-order valence-corrected chi connectivity index (χ0v) is 25.1. The van der Waals surface area contributed by atoms with Crippen molar-refractivity contribution in [3.8, 4) is 11.5 Å². The number of hydrogen-bond donors (Lipinski definition) is 1. The zero-order chi connectivity index (χ0) is 28.0. The number of rotatable bonds is 24. The molecule has 2 aromatic rings. The van der Waals surface area contributed by atoms with Crippen LogP contribution in [-0.2, 0) is 13.6 Å². The van der Waals surface area contributed by atoms with Gasteiger partial charge in [-0.3, -0.25) is 9.05 Å². The Bertz CT molecular complexity index is 809. The molecule has 7 heteroatoms. The fraction of sp³-hybridized carbons (Fsp3) is 0.625. The molecule has 2 atom stereocenters. The van der Waals surface area contributed by atoms with Gasteiger partial charge in [-0.2, -0.15) is 0 Å². The van der Waals surface area contributed by atoms with Crippen molar-refractivity contribution in [1.29, 1.82) is 0 Å². The highest BCUT2D eigenvalue weighted by Gasteiger charge is 2.26. The van der Waals surface area contributed by atoms with Crippen molar-refractivity contribution in [1.82, 2.24) is 0 Å². The van der Waals surface area contributed by atoms with Crippen LogP contribution in [0.4, 0.5) is 0 Å². The van der Waals surface area contributed by atoms with Crippen LogP contribution in [0.5, 0.6) is 11.5 Å². The third-order valence-corrected chi connectivity index (χ3v) is 7.65. The highest BCUT2D eigenvalue weighted by Crippen LogP contribution is 2.44. The van der Waals surface area contributed by atoms with E-state index in [-0.39, 0.29) is 25.4 Å². The molecule has 0 heterocycles. The van der Waals surface area contributed by atoms with Crippen molar-refractivity contribution in [3.63, 3.8) is 0 Å². The summed E-state index contributed by atoms with van der Waals surface area (Å²) in [5.41, 5.74) is 0. The summed E-state index contributed by atoms with van der Waals surface area (Å²) in [4.78, 5) is 10.5. The Labute approximate surface area is 237 Å². The molecule has 0 spiro atoms. The lowest BCUT2D eigenvalue weighted by atomic mass is 10.1. The van der Waals surface area contributed by atoms with E-state index in [1.807, 2.05) is 60.7 Å². The highest BCUT2D eigenvalue weighted by atomic mass is 31.2. The summed E-state index contributed by atoms with van der Waals surface area (Å²) in [6.07, 6.45) is 14.8. The summed E-state index contributed by atoms with van der Waals surface area (Å²) in [5.74, 6) is 1.45. The average molecular weight is 563 g/mol. The van der Waals surface area contributed by atoms with Crippen molar-refractivity contribution in [2.45, 2.75) is 116 Å². The summed E-state index contributed by atoms with van der Waals surface area (Å²) >= 11 is 0. The van der Waals surface area contributed by atoms with Crippen LogP contribution in [0, 0.1) is 0 Å². The molecule has 0 radical (unpaired) electrons. The van der Waals surface area contributed by atoms with Gasteiger partial charge in [0.15, 0.2) is 0 Å². The molecule has 0 aliphatic rings. The maximum absolute atomic E-state index is 12.8. The second-order valence-electron chi connectivity index (χ2n) is 10.3. The van der Waals surface area contributed by atoms with Gasteiger partial charge in [0, 0.05) is 0 Å². The van der Waals surface area contributed by atoms with Gasteiger partial charge < -0.3 is 14.4 Å². The summed E-state index contributed by atoms with van der Waals surface area (Å²) in [6.45, 7) is 4.39. The summed E-state index contributed by atoms with van der Waals surface area (Å²) < 4.78 is 35.9. The fourth-order valence-electron chi connectivity index (χ4n) is 4.43. The minimum Gasteiger partial charge on any atom is -0.488 e. The van der Waals surface area contributed by atoms with Gasteiger partial charge in [-0.15, -0.1) is 0 Å². The van der Waals surface area contributed by atoms with E-state index in [9.17, 15) is 9.46 Å². The van der Waals surface area contributed by atoms with Crippen LogP contribution in [0.3, 0.4) is 0 Å². The molecule has 0 aromatic heterocycles. The van der Waals surface area contributed by atoms with E-state index >= 15 is 0 Å². The van der Waals surface area contributed by atoms with Gasteiger partial charge in [0.25, 0.3) is 0 Å². The van der Waals surface area contributed by atoms with Crippen molar-refractivity contribution in [3.05, 3.63) is 60.7 Å². The molecule has 0 saturated carbocycles. The van der Waals surface area contributed by atoms with E-state index in [1.54, 1.807) is 0 Å². The van der Waals surface area contributed by atoms with E-state index in [2.05, 4.69) is 13.8 Å². The third-order valence-electron chi connectivity index (χ3n) is 6.70. The normalized spacial score (nSPS) is 14.4. The molecule has 220 valence electrons. The zero-order valence-electron chi connectivity index (χ0n) is 24.2. The Hall–Kier alpha value is -1.85. The molecule has 2 aromatic carbocycles. The second-order valence-corrected chi connectivity index (χ2v) is 11.7. The van der Waals surface area contributed by atoms with Gasteiger partial charge in [-0.05, 0) is 49.9 Å². The van der Waals surface area contributed by atoms with Crippen LogP contribution in [-0.4, -0.2) is 30.3 Å². The molecule has 6 nitrogen and oxygen atoms in total. The first-order valence-corrected chi connectivity index (χ1v) is 16.6. The minimum absolute atomic E-state index is 0.0146. The monoisotopic (exact) mass is 562 g/mol. The van der Waals surface area contributed by atoms with Gasteiger partial charge in [0.2, 0.25) is 0 Å². The molecule has 0 bridgehead atoms. The van der Waals surface area contributed by atoms with E-state index in [1.165, 1.54) is 51.4 Å². The predicted octanol–water partition coefficient (Wildman–Crippen LogP) is 9.52. The Morgan fingerprint density at radius 1 is 0.590 bits per heavy atom. The number of phosphoric acid groups is 1. The minimum atomic E-state index is -4.28. The van der Waals surface area contributed by atoms with Crippen molar-refractivity contribution < 1.29 is 28.0 Å². The van der Waals surface area contributed by atoms with Gasteiger partial charge >= 0.3 is 7.82 Å². The number of hydrogen-bond acceptors (Lipinski definition) is 5. The topological polar surface area (TPSA) is 74.2 Å². The number of phosphoric ester groups is 1. The fourth-order valence-corrected chi connectivity index (χ4v) is 5.22. The lowest BCUT2D eigenvalue weighted by Crippen LogP contribution is -2.25. The lowest BCUT2D eigenvalue weighted by Gasteiger charge is -2.23. The van der Waals surface area contributed by atoms with E-state index < -0.39 is 7.82 Å². The Kier molecular flexibility index (Phi) is 17.9. The number of benzene rings is 2. The molecular weight excluding hydrogens is 511 g/mol. The standard InChI is InChI=1S/C32H51O6P/c1-3-5-7-9-11-15-25-31(37-29-21-17-13-18-22-29)27-35-39(33,34)36-28-32(26-16-12-10-8-6-4-2)38-30-23-19-14-20-24-30/h13-14,17-24,31-32H,3-12,15-16,25-28H2,1-2H3,(H,33,34). The molecule has 0 aliphatic heterocycles. The summed E-state index contributed by atoms with van der Waals surface area (Å²) in [6, 6.07) is 19.1. The molecule has 0 fully saturated rings. The Morgan fingerprint density at radius 3 is 1.33 bits per heavy atom. The van der Waals surface area contributed by atoms with Crippen molar-refractivity contribution >= 4 is 7.82 Å². The molecule has 2 rings (SSSR count). The lowest BCUT2D eigenvalue weighted by molar-refractivity contribution is 0.0574. The number of ether oxygens (including phenoxy) is 2. The van der Waals surface area contributed by atoms with Crippen LogP contribution >= 0.6 is 7.82 Å². The van der Waals surface area contributed by atoms with Crippen LogP contribution in [0.25, 0.3) is 0 Å². The van der Waals surface area contributed by atoms with Crippen LogP contribution < -0.4 is 9.47 Å². The Balaban J connectivity index is 1.86. The molecule has 2 unspecified atom stereocenters. The second kappa shape index (κ2) is 21.0. The maximum Gasteiger partial charge on any atom is 0.472 e. The van der Waals surface area contributed by atoms with Gasteiger partial charge in [-0.1, -0.05) is 114 Å². The molecule has 39 heavy (non-hydrogen) atoms. The molecule has 0 saturated heterocycles. The average Bonchev–Trinajstić information content (AvgIpc) is 2.95. The SMILES string of the molecule is CCCCCCCCC(COP(=O)(O)OCC(CCCCCCCC)Oc1ccccc1)Oc1ccccc1.